The summed E-state index contributed by atoms with van der Waals surface area (Å²) >= 11 is 0. The van der Waals surface area contributed by atoms with Crippen molar-refractivity contribution in [3.05, 3.63) is 24.2 Å². The zero-order valence-corrected chi connectivity index (χ0v) is 14.8. The number of hydrogen-bond donors (Lipinski definition) is 0. The normalized spacial score (nSPS) is 29.9. The number of ether oxygens (including phenoxy) is 2. The Morgan fingerprint density at radius 3 is 2.92 bits per heavy atom. The SMILES string of the molecule is O=C(COC[C@H]1C[C@@H]2[C@@H](C1)OCCN2Cc1ccoc1)N1CCCC1. The Morgan fingerprint density at radius 1 is 1.24 bits per heavy atom. The molecule has 1 aliphatic carbocycles. The van der Waals surface area contributed by atoms with Crippen LogP contribution in [-0.4, -0.2) is 67.3 Å². The number of fused-ring (bicyclic) bond motifs is 1. The summed E-state index contributed by atoms with van der Waals surface area (Å²) in [6, 6.07) is 2.48. The van der Waals surface area contributed by atoms with E-state index in [1.165, 1.54) is 5.56 Å². The summed E-state index contributed by atoms with van der Waals surface area (Å²) in [5.74, 6) is 0.622. The monoisotopic (exact) mass is 348 g/mol. The van der Waals surface area contributed by atoms with Crippen molar-refractivity contribution in [2.75, 3.05) is 39.5 Å². The summed E-state index contributed by atoms with van der Waals surface area (Å²) in [5, 5.41) is 0. The number of furan rings is 1. The minimum Gasteiger partial charge on any atom is -0.472 e. The summed E-state index contributed by atoms with van der Waals surface area (Å²) < 4.78 is 16.9. The molecule has 3 atom stereocenters. The highest BCUT2D eigenvalue weighted by Crippen LogP contribution is 2.35. The molecule has 0 bridgehead atoms. The lowest BCUT2D eigenvalue weighted by molar-refractivity contribution is -0.135. The molecule has 138 valence electrons. The molecule has 1 aromatic heterocycles. The van der Waals surface area contributed by atoms with Gasteiger partial charge in [-0.3, -0.25) is 9.69 Å². The minimum atomic E-state index is 0.144. The molecule has 6 heteroatoms. The fourth-order valence-corrected chi connectivity index (χ4v) is 4.45. The first-order valence-corrected chi connectivity index (χ1v) is 9.52. The van der Waals surface area contributed by atoms with E-state index in [9.17, 15) is 4.79 Å². The van der Waals surface area contributed by atoms with Crippen LogP contribution in [0.15, 0.2) is 23.0 Å². The van der Waals surface area contributed by atoms with Gasteiger partial charge in [0.2, 0.25) is 5.91 Å². The van der Waals surface area contributed by atoms with Gasteiger partial charge in [-0.2, -0.15) is 0 Å². The van der Waals surface area contributed by atoms with Crippen LogP contribution in [0.2, 0.25) is 0 Å². The van der Waals surface area contributed by atoms with Gasteiger partial charge in [0.15, 0.2) is 0 Å². The number of carbonyl (C=O) groups is 1. The highest BCUT2D eigenvalue weighted by molar-refractivity contribution is 5.77. The Labute approximate surface area is 149 Å². The van der Waals surface area contributed by atoms with Crippen molar-refractivity contribution < 1.29 is 18.7 Å². The molecular weight excluding hydrogens is 320 g/mol. The Kier molecular flexibility index (Phi) is 5.39. The van der Waals surface area contributed by atoms with Crippen molar-refractivity contribution >= 4 is 5.91 Å². The van der Waals surface area contributed by atoms with Gasteiger partial charge < -0.3 is 18.8 Å². The van der Waals surface area contributed by atoms with E-state index in [0.717, 1.165) is 58.5 Å². The molecule has 0 spiro atoms. The average Bonchev–Trinajstić information content (AvgIpc) is 3.36. The Balaban J connectivity index is 1.24. The predicted molar refractivity (Wildman–Crippen MR) is 92.0 cm³/mol. The molecule has 25 heavy (non-hydrogen) atoms. The van der Waals surface area contributed by atoms with E-state index in [-0.39, 0.29) is 12.5 Å². The van der Waals surface area contributed by atoms with Crippen LogP contribution in [0.25, 0.3) is 0 Å². The van der Waals surface area contributed by atoms with Gasteiger partial charge in [-0.05, 0) is 37.7 Å². The van der Waals surface area contributed by atoms with Crippen molar-refractivity contribution in [3.8, 4) is 0 Å². The Hall–Kier alpha value is -1.37. The smallest absolute Gasteiger partial charge is 0.248 e. The van der Waals surface area contributed by atoms with Crippen molar-refractivity contribution in [1.82, 2.24) is 9.80 Å². The molecule has 2 aliphatic heterocycles. The molecule has 1 saturated carbocycles. The van der Waals surface area contributed by atoms with Crippen LogP contribution in [0.5, 0.6) is 0 Å². The van der Waals surface area contributed by atoms with E-state index in [0.29, 0.717) is 24.7 Å². The molecule has 2 saturated heterocycles. The maximum Gasteiger partial charge on any atom is 0.248 e. The number of morpholine rings is 1. The fraction of sp³-hybridized carbons (Fsp3) is 0.737. The Bertz CT molecular complexity index is 556. The first kappa shape index (κ1) is 17.1. The van der Waals surface area contributed by atoms with E-state index < -0.39 is 0 Å². The second kappa shape index (κ2) is 7.89. The van der Waals surface area contributed by atoms with E-state index in [1.807, 2.05) is 17.2 Å². The third-order valence-corrected chi connectivity index (χ3v) is 5.75. The molecule has 0 aromatic carbocycles. The molecule has 3 heterocycles. The predicted octanol–water partition coefficient (Wildman–Crippen LogP) is 1.90. The number of nitrogens with zero attached hydrogens (tertiary/aromatic N) is 2. The molecule has 0 unspecified atom stereocenters. The lowest BCUT2D eigenvalue weighted by atomic mass is 10.1. The molecule has 1 amide bonds. The number of amides is 1. The number of hydrogen-bond acceptors (Lipinski definition) is 5. The molecule has 1 aromatic rings. The third kappa shape index (κ3) is 4.07. The summed E-state index contributed by atoms with van der Waals surface area (Å²) in [6.45, 7) is 5.36. The summed E-state index contributed by atoms with van der Waals surface area (Å²) in [5.41, 5.74) is 1.22. The lowest BCUT2D eigenvalue weighted by Crippen LogP contribution is -2.47. The number of rotatable bonds is 6. The standard InChI is InChI=1S/C19H28N2O4/c22-19(20-4-1-2-5-20)14-24-13-16-9-17-18(10-16)25-8-6-21(17)11-15-3-7-23-12-15/h3,7,12,16-18H,1-2,4-6,8-11,13-14H2/t16-,17+,18+/m0/s1. The van der Waals surface area contributed by atoms with Gasteiger partial charge in [0.1, 0.15) is 6.61 Å². The molecule has 4 rings (SSSR count). The van der Waals surface area contributed by atoms with E-state index in [2.05, 4.69) is 4.90 Å². The van der Waals surface area contributed by atoms with Crippen LogP contribution in [0.1, 0.15) is 31.2 Å². The van der Waals surface area contributed by atoms with Gasteiger partial charge in [0.25, 0.3) is 0 Å². The fourth-order valence-electron chi connectivity index (χ4n) is 4.45. The lowest BCUT2D eigenvalue weighted by Gasteiger charge is -2.37. The van der Waals surface area contributed by atoms with Gasteiger partial charge in [-0.15, -0.1) is 0 Å². The minimum absolute atomic E-state index is 0.144. The molecule has 0 N–H and O–H groups in total. The number of likely N-dealkylation sites (tertiary alicyclic amines) is 1. The average molecular weight is 348 g/mol. The second-order valence-corrected chi connectivity index (χ2v) is 7.52. The van der Waals surface area contributed by atoms with Crippen LogP contribution in [0.3, 0.4) is 0 Å². The molecule has 3 fully saturated rings. The summed E-state index contributed by atoms with van der Waals surface area (Å²) in [4.78, 5) is 16.5. The highest BCUT2D eigenvalue weighted by atomic mass is 16.5. The van der Waals surface area contributed by atoms with E-state index in [4.69, 9.17) is 13.9 Å². The van der Waals surface area contributed by atoms with Gasteiger partial charge in [-0.25, -0.2) is 0 Å². The first-order valence-electron chi connectivity index (χ1n) is 9.52. The second-order valence-electron chi connectivity index (χ2n) is 7.52. The maximum absolute atomic E-state index is 12.1. The zero-order valence-electron chi connectivity index (χ0n) is 14.8. The maximum atomic E-state index is 12.1. The Morgan fingerprint density at radius 2 is 2.12 bits per heavy atom. The summed E-state index contributed by atoms with van der Waals surface area (Å²) in [7, 11) is 0. The van der Waals surface area contributed by atoms with E-state index >= 15 is 0 Å². The molecule has 3 aliphatic rings. The van der Waals surface area contributed by atoms with Crippen molar-refractivity contribution in [2.45, 2.75) is 44.4 Å². The quantitative estimate of drug-likeness (QED) is 0.786. The van der Waals surface area contributed by atoms with Crippen LogP contribution >= 0.6 is 0 Å². The largest absolute Gasteiger partial charge is 0.472 e. The van der Waals surface area contributed by atoms with Crippen molar-refractivity contribution in [1.29, 1.82) is 0 Å². The molecular formula is C19H28N2O4. The van der Waals surface area contributed by atoms with Crippen molar-refractivity contribution in [2.24, 2.45) is 5.92 Å². The topological polar surface area (TPSA) is 55.2 Å². The molecule has 0 radical (unpaired) electrons. The van der Waals surface area contributed by atoms with Crippen LogP contribution < -0.4 is 0 Å². The van der Waals surface area contributed by atoms with Crippen LogP contribution in [-0.2, 0) is 20.8 Å². The first-order chi connectivity index (χ1) is 12.3. The highest BCUT2D eigenvalue weighted by Gasteiger charge is 2.41. The van der Waals surface area contributed by atoms with Crippen molar-refractivity contribution in [3.63, 3.8) is 0 Å². The zero-order chi connectivity index (χ0) is 17.1. The van der Waals surface area contributed by atoms with Crippen LogP contribution in [0.4, 0.5) is 0 Å². The van der Waals surface area contributed by atoms with E-state index in [1.54, 1.807) is 6.26 Å². The van der Waals surface area contributed by atoms with Crippen LogP contribution in [0, 0.1) is 5.92 Å². The third-order valence-electron chi connectivity index (χ3n) is 5.75. The van der Waals surface area contributed by atoms with Gasteiger partial charge in [-0.1, -0.05) is 0 Å². The van der Waals surface area contributed by atoms with Gasteiger partial charge in [0.05, 0.1) is 31.8 Å². The van der Waals surface area contributed by atoms with Gasteiger partial charge >= 0.3 is 0 Å². The number of carbonyl (C=O) groups excluding carboxylic acids is 1. The molecule has 6 nitrogen and oxygen atoms in total. The van der Waals surface area contributed by atoms with Gasteiger partial charge in [0, 0.05) is 37.8 Å². The summed E-state index contributed by atoms with van der Waals surface area (Å²) in [6.07, 6.45) is 8.22.